The van der Waals surface area contributed by atoms with E-state index in [-0.39, 0.29) is 4.87 Å². The molecule has 0 spiro atoms. The molecular weight excluding hydrogens is 178 g/mol. The van der Waals surface area contributed by atoms with Gasteiger partial charge in [-0.25, -0.2) is 0 Å². The third-order valence-electron chi connectivity index (χ3n) is 2.62. The highest BCUT2D eigenvalue weighted by molar-refractivity contribution is 8.03. The summed E-state index contributed by atoms with van der Waals surface area (Å²) in [6.45, 7) is 8.86. The Labute approximate surface area is 85.7 Å². The van der Waals surface area contributed by atoms with Crippen molar-refractivity contribution in [3.05, 3.63) is 22.8 Å². The average molecular weight is 197 g/mol. The summed E-state index contributed by atoms with van der Waals surface area (Å²) in [7, 11) is 0. The van der Waals surface area contributed by atoms with Gasteiger partial charge in [0.1, 0.15) is 0 Å². The molecule has 1 atom stereocenters. The summed E-state index contributed by atoms with van der Waals surface area (Å²) in [6, 6.07) is 0. The van der Waals surface area contributed by atoms with Crippen molar-refractivity contribution in [3.8, 4) is 0 Å². The van der Waals surface area contributed by atoms with Gasteiger partial charge in [-0.1, -0.05) is 11.1 Å². The highest BCUT2D eigenvalue weighted by Gasteiger charge is 2.24. The van der Waals surface area contributed by atoms with Gasteiger partial charge in [-0.05, 0) is 45.9 Å². The molecule has 1 nitrogen and oxygen atoms in total. The van der Waals surface area contributed by atoms with Crippen molar-refractivity contribution in [2.45, 2.75) is 45.4 Å². The number of rotatable bonds is 3. The van der Waals surface area contributed by atoms with Crippen LogP contribution in [-0.4, -0.2) is 4.87 Å². The molecule has 0 aromatic rings. The fourth-order valence-electron chi connectivity index (χ4n) is 1.24. The van der Waals surface area contributed by atoms with E-state index in [1.165, 1.54) is 24.0 Å². The van der Waals surface area contributed by atoms with Crippen LogP contribution in [0.4, 0.5) is 0 Å². The molecule has 0 radical (unpaired) electrons. The first kappa shape index (κ1) is 10.7. The Morgan fingerprint density at radius 1 is 1.38 bits per heavy atom. The number of hydrogen-bond donors (Lipinski definition) is 1. The van der Waals surface area contributed by atoms with E-state index >= 15 is 0 Å². The fourth-order valence-corrected chi connectivity index (χ4v) is 2.03. The zero-order chi connectivity index (χ0) is 9.90. The Balaban J connectivity index is 2.39. The largest absolute Gasteiger partial charge is 0.376 e. The average Bonchev–Trinajstić information content (AvgIpc) is 2.48. The topological polar surface area (TPSA) is 12.0 Å². The van der Waals surface area contributed by atoms with Crippen molar-refractivity contribution in [2.24, 2.45) is 0 Å². The quantitative estimate of drug-likeness (QED) is 0.693. The molecule has 1 heterocycles. The second-order valence-electron chi connectivity index (χ2n) is 4.08. The molecule has 0 saturated heterocycles. The molecular formula is C11H19NS. The van der Waals surface area contributed by atoms with Crippen molar-refractivity contribution < 1.29 is 0 Å². The molecule has 2 heteroatoms. The van der Waals surface area contributed by atoms with Crippen LogP contribution in [0.25, 0.3) is 0 Å². The molecule has 0 aromatic heterocycles. The van der Waals surface area contributed by atoms with Crippen molar-refractivity contribution in [1.29, 1.82) is 0 Å². The SMILES string of the molecule is CC(C)=C(C)CCC1(C)NC=CS1. The molecule has 0 amide bonds. The highest BCUT2D eigenvalue weighted by atomic mass is 32.2. The molecule has 0 bridgehead atoms. The van der Waals surface area contributed by atoms with Gasteiger partial charge >= 0.3 is 0 Å². The van der Waals surface area contributed by atoms with Gasteiger partial charge in [0.05, 0.1) is 4.87 Å². The van der Waals surface area contributed by atoms with Crippen molar-refractivity contribution >= 4 is 11.8 Å². The number of hydrogen-bond acceptors (Lipinski definition) is 2. The number of allylic oxidation sites excluding steroid dienone is 2. The van der Waals surface area contributed by atoms with Crippen molar-refractivity contribution in [1.82, 2.24) is 5.32 Å². The molecule has 1 aliphatic heterocycles. The number of thioether (sulfide) groups is 1. The second kappa shape index (κ2) is 4.23. The zero-order valence-electron chi connectivity index (χ0n) is 8.98. The van der Waals surface area contributed by atoms with E-state index in [0.717, 1.165) is 0 Å². The Kier molecular flexibility index (Phi) is 3.48. The van der Waals surface area contributed by atoms with E-state index in [0.29, 0.717) is 0 Å². The first-order valence-corrected chi connectivity index (χ1v) is 5.65. The lowest BCUT2D eigenvalue weighted by Crippen LogP contribution is -2.31. The molecule has 1 aliphatic rings. The molecule has 0 aromatic carbocycles. The lowest BCUT2D eigenvalue weighted by atomic mass is 10.0. The minimum absolute atomic E-state index is 0.233. The van der Waals surface area contributed by atoms with Gasteiger partial charge in [0.25, 0.3) is 0 Å². The third kappa shape index (κ3) is 3.11. The van der Waals surface area contributed by atoms with Crippen LogP contribution in [0, 0.1) is 0 Å². The smallest absolute Gasteiger partial charge is 0.0844 e. The molecule has 0 aliphatic carbocycles. The van der Waals surface area contributed by atoms with Crippen LogP contribution in [0.2, 0.25) is 0 Å². The van der Waals surface area contributed by atoms with E-state index in [1.54, 1.807) is 0 Å². The van der Waals surface area contributed by atoms with Crippen molar-refractivity contribution in [3.63, 3.8) is 0 Å². The third-order valence-corrected chi connectivity index (χ3v) is 3.73. The van der Waals surface area contributed by atoms with Gasteiger partial charge in [0.15, 0.2) is 0 Å². The van der Waals surface area contributed by atoms with E-state index in [1.807, 2.05) is 18.0 Å². The van der Waals surface area contributed by atoms with Gasteiger partial charge in [-0.2, -0.15) is 0 Å². The number of nitrogens with one attached hydrogen (secondary N) is 1. The van der Waals surface area contributed by atoms with Gasteiger partial charge in [-0.3, -0.25) is 0 Å². The predicted octanol–water partition coefficient (Wildman–Crippen LogP) is 3.65. The lowest BCUT2D eigenvalue weighted by molar-refractivity contribution is 0.541. The van der Waals surface area contributed by atoms with Crippen LogP contribution in [0.5, 0.6) is 0 Å². The minimum Gasteiger partial charge on any atom is -0.376 e. The minimum atomic E-state index is 0.233. The summed E-state index contributed by atoms with van der Waals surface area (Å²) in [5, 5.41) is 5.52. The molecule has 0 saturated carbocycles. The van der Waals surface area contributed by atoms with Gasteiger partial charge in [0, 0.05) is 6.20 Å². The highest BCUT2D eigenvalue weighted by Crippen LogP contribution is 2.33. The Hall–Kier alpha value is -0.370. The maximum absolute atomic E-state index is 3.39. The molecule has 1 rings (SSSR count). The van der Waals surface area contributed by atoms with E-state index < -0.39 is 0 Å². The fraction of sp³-hybridized carbons (Fsp3) is 0.636. The van der Waals surface area contributed by atoms with Gasteiger partial charge in [0.2, 0.25) is 0 Å². The van der Waals surface area contributed by atoms with Crippen LogP contribution in [-0.2, 0) is 0 Å². The van der Waals surface area contributed by atoms with Gasteiger partial charge < -0.3 is 5.32 Å². The molecule has 1 N–H and O–H groups in total. The Bertz CT molecular complexity index is 228. The van der Waals surface area contributed by atoms with Crippen molar-refractivity contribution in [2.75, 3.05) is 0 Å². The monoisotopic (exact) mass is 197 g/mol. The normalized spacial score (nSPS) is 25.8. The first-order valence-electron chi connectivity index (χ1n) is 4.77. The van der Waals surface area contributed by atoms with E-state index in [4.69, 9.17) is 0 Å². The molecule has 1 unspecified atom stereocenters. The maximum atomic E-state index is 3.39. The summed E-state index contributed by atoms with van der Waals surface area (Å²) >= 11 is 1.88. The molecule has 0 fully saturated rings. The van der Waals surface area contributed by atoms with Crippen LogP contribution >= 0.6 is 11.8 Å². The zero-order valence-corrected chi connectivity index (χ0v) is 9.79. The molecule has 13 heavy (non-hydrogen) atoms. The predicted molar refractivity (Wildman–Crippen MR) is 61.6 cm³/mol. The first-order chi connectivity index (χ1) is 6.03. The van der Waals surface area contributed by atoms with Crippen LogP contribution < -0.4 is 5.32 Å². The van der Waals surface area contributed by atoms with Crippen LogP contribution in [0.3, 0.4) is 0 Å². The lowest BCUT2D eigenvalue weighted by Gasteiger charge is -2.24. The standard InChI is InChI=1S/C11H19NS/c1-9(2)10(3)5-6-11(4)12-7-8-13-11/h7-8,12H,5-6H2,1-4H3. The summed E-state index contributed by atoms with van der Waals surface area (Å²) < 4.78 is 0. The summed E-state index contributed by atoms with van der Waals surface area (Å²) in [6.07, 6.45) is 4.44. The van der Waals surface area contributed by atoms with Crippen LogP contribution in [0.15, 0.2) is 22.8 Å². The van der Waals surface area contributed by atoms with Crippen LogP contribution in [0.1, 0.15) is 40.5 Å². The van der Waals surface area contributed by atoms with E-state index in [9.17, 15) is 0 Å². The second-order valence-corrected chi connectivity index (χ2v) is 5.49. The molecule has 74 valence electrons. The van der Waals surface area contributed by atoms with E-state index in [2.05, 4.69) is 38.4 Å². The Morgan fingerprint density at radius 2 is 2.08 bits per heavy atom. The summed E-state index contributed by atoms with van der Waals surface area (Å²) in [4.78, 5) is 0.233. The summed E-state index contributed by atoms with van der Waals surface area (Å²) in [5.74, 6) is 0. The van der Waals surface area contributed by atoms with Gasteiger partial charge in [-0.15, -0.1) is 11.8 Å². The Morgan fingerprint density at radius 3 is 2.54 bits per heavy atom. The maximum Gasteiger partial charge on any atom is 0.0844 e. The summed E-state index contributed by atoms with van der Waals surface area (Å²) in [5.41, 5.74) is 2.98.